The standard InChI is InChI=1S/C29H36BrNO4/c1-2-3-16-34-25-18-23-21(26(30)27(25)32)17-24-22-12-7-8-13-29(22,23)14-9-15-31(24)28(33)35-19-20-10-5-4-6-11-20/h4-6,10-11,18,22,24,32H,2-3,7-9,12-17,19H2,1H3/t22?,24-,29-/m0/s1. The van der Waals surface area contributed by atoms with Gasteiger partial charge in [0.2, 0.25) is 0 Å². The number of phenols is 1. The first-order valence-electron chi connectivity index (χ1n) is 13.2. The Morgan fingerprint density at radius 3 is 2.80 bits per heavy atom. The third-order valence-corrected chi connectivity index (χ3v) is 9.29. The topological polar surface area (TPSA) is 59.0 Å². The van der Waals surface area contributed by atoms with Crippen molar-refractivity contribution in [1.29, 1.82) is 0 Å². The number of hydrogen-bond donors (Lipinski definition) is 1. The molecule has 1 unspecified atom stereocenters. The second-order valence-electron chi connectivity index (χ2n) is 10.4. The molecular weight excluding hydrogens is 506 g/mol. The molecule has 0 aromatic heterocycles. The van der Waals surface area contributed by atoms with Gasteiger partial charge in [-0.2, -0.15) is 0 Å². The van der Waals surface area contributed by atoms with Gasteiger partial charge in [0.1, 0.15) is 6.61 Å². The van der Waals surface area contributed by atoms with Gasteiger partial charge in [-0.1, -0.05) is 56.5 Å². The number of nitrogens with zero attached hydrogens (tertiary/aromatic N) is 1. The van der Waals surface area contributed by atoms with E-state index in [-0.39, 0.29) is 29.9 Å². The number of ether oxygens (including phenoxy) is 2. The van der Waals surface area contributed by atoms with Crippen molar-refractivity contribution in [1.82, 2.24) is 4.90 Å². The summed E-state index contributed by atoms with van der Waals surface area (Å²) in [5.74, 6) is 1.17. The highest BCUT2D eigenvalue weighted by Crippen LogP contribution is 2.58. The summed E-state index contributed by atoms with van der Waals surface area (Å²) >= 11 is 3.73. The molecule has 0 radical (unpaired) electrons. The molecule has 1 heterocycles. The molecule has 6 heteroatoms. The minimum atomic E-state index is -0.219. The lowest BCUT2D eigenvalue weighted by atomic mass is 9.54. The number of halogens is 1. The first-order chi connectivity index (χ1) is 17.0. The number of fused-ring (bicyclic) bond motifs is 1. The largest absolute Gasteiger partial charge is 0.503 e. The highest BCUT2D eigenvalue weighted by atomic mass is 79.9. The fraction of sp³-hybridized carbons (Fsp3) is 0.552. The predicted octanol–water partition coefficient (Wildman–Crippen LogP) is 7.12. The maximum Gasteiger partial charge on any atom is 0.410 e. The van der Waals surface area contributed by atoms with E-state index >= 15 is 0 Å². The number of likely N-dealkylation sites (tertiary alicyclic amines) is 1. The van der Waals surface area contributed by atoms with Crippen LogP contribution in [0.5, 0.6) is 11.5 Å². The molecule has 2 aromatic carbocycles. The van der Waals surface area contributed by atoms with Crippen LogP contribution in [0.15, 0.2) is 40.9 Å². The molecule has 3 atom stereocenters. The van der Waals surface area contributed by atoms with Crippen molar-refractivity contribution in [2.45, 2.75) is 82.8 Å². The van der Waals surface area contributed by atoms with E-state index < -0.39 is 0 Å². The summed E-state index contributed by atoms with van der Waals surface area (Å²) in [6.07, 6.45) is 9.18. The van der Waals surface area contributed by atoms with Crippen molar-refractivity contribution in [2.24, 2.45) is 5.92 Å². The summed E-state index contributed by atoms with van der Waals surface area (Å²) < 4.78 is 12.6. The Bertz CT molecular complexity index is 1060. The quantitative estimate of drug-likeness (QED) is 0.395. The fourth-order valence-corrected chi connectivity index (χ4v) is 7.35. The molecule has 1 amide bonds. The van der Waals surface area contributed by atoms with Crippen LogP contribution in [0.25, 0.3) is 0 Å². The van der Waals surface area contributed by atoms with Gasteiger partial charge in [0.25, 0.3) is 0 Å². The van der Waals surface area contributed by atoms with Gasteiger partial charge in [-0.15, -0.1) is 0 Å². The fourth-order valence-electron chi connectivity index (χ4n) is 6.78. The predicted molar refractivity (Wildman–Crippen MR) is 140 cm³/mol. The number of carbonyl (C=O) groups excluding carboxylic acids is 1. The average Bonchev–Trinajstić information content (AvgIpc) is 3.01. The number of unbranched alkanes of at least 4 members (excludes halogenated alkanes) is 1. The van der Waals surface area contributed by atoms with Crippen molar-refractivity contribution in [3.05, 3.63) is 57.6 Å². The SMILES string of the molecule is CCCCOc1cc2c(c(Br)c1O)C[C@H]1C3CCCC[C@@]23CCCN1C(=O)OCc1ccccc1. The van der Waals surface area contributed by atoms with Crippen molar-refractivity contribution in [3.63, 3.8) is 0 Å². The maximum absolute atomic E-state index is 13.4. The van der Waals surface area contributed by atoms with Gasteiger partial charge in [0.05, 0.1) is 11.1 Å². The lowest BCUT2D eigenvalue weighted by molar-refractivity contribution is 0.0439. The van der Waals surface area contributed by atoms with Gasteiger partial charge in [-0.25, -0.2) is 4.79 Å². The second kappa shape index (κ2) is 10.4. The van der Waals surface area contributed by atoms with Crippen molar-refractivity contribution < 1.29 is 19.4 Å². The Labute approximate surface area is 216 Å². The Morgan fingerprint density at radius 2 is 2.00 bits per heavy atom. The number of carbonyl (C=O) groups is 1. The number of rotatable bonds is 6. The lowest BCUT2D eigenvalue weighted by Crippen LogP contribution is -2.54. The molecule has 2 bridgehead atoms. The molecule has 1 aliphatic heterocycles. The van der Waals surface area contributed by atoms with Gasteiger partial charge < -0.3 is 19.5 Å². The zero-order chi connectivity index (χ0) is 24.4. The molecule has 1 N–H and O–H groups in total. The Kier molecular flexibility index (Phi) is 7.29. The number of amides is 1. The first-order valence-corrected chi connectivity index (χ1v) is 14.0. The van der Waals surface area contributed by atoms with Gasteiger partial charge in [-0.05, 0) is 83.1 Å². The summed E-state index contributed by atoms with van der Waals surface area (Å²) in [5.41, 5.74) is 3.48. The van der Waals surface area contributed by atoms with E-state index in [2.05, 4.69) is 28.9 Å². The van der Waals surface area contributed by atoms with E-state index in [4.69, 9.17) is 9.47 Å². The number of hydrogen-bond acceptors (Lipinski definition) is 4. The van der Waals surface area contributed by atoms with E-state index in [1.54, 1.807) is 0 Å². The second-order valence-corrected chi connectivity index (χ2v) is 11.2. The van der Waals surface area contributed by atoms with Crippen LogP contribution in [0.3, 0.4) is 0 Å². The first kappa shape index (κ1) is 24.5. The summed E-state index contributed by atoms with van der Waals surface area (Å²) in [7, 11) is 0. The summed E-state index contributed by atoms with van der Waals surface area (Å²) in [5, 5.41) is 11.0. The number of phenolic OH excluding ortho intramolecular Hbond substituents is 1. The molecule has 2 aliphatic carbocycles. The minimum Gasteiger partial charge on any atom is -0.503 e. The molecule has 188 valence electrons. The highest BCUT2D eigenvalue weighted by Gasteiger charge is 2.54. The minimum absolute atomic E-state index is 0.0179. The van der Waals surface area contributed by atoms with Gasteiger partial charge in [0, 0.05) is 18.0 Å². The van der Waals surface area contributed by atoms with Crippen LogP contribution in [0.2, 0.25) is 0 Å². The summed E-state index contributed by atoms with van der Waals surface area (Å²) in [6.45, 7) is 3.75. The zero-order valence-electron chi connectivity index (χ0n) is 20.6. The molecule has 1 saturated carbocycles. The van der Waals surface area contributed by atoms with E-state index in [0.717, 1.165) is 60.5 Å². The third kappa shape index (κ3) is 4.54. The van der Waals surface area contributed by atoms with Crippen LogP contribution in [-0.2, 0) is 23.2 Å². The maximum atomic E-state index is 13.4. The Hall–Kier alpha value is -2.21. The Balaban J connectivity index is 1.48. The third-order valence-electron chi connectivity index (χ3n) is 8.44. The number of aromatic hydroxyl groups is 1. The molecule has 2 fully saturated rings. The van der Waals surface area contributed by atoms with Crippen molar-refractivity contribution in [3.8, 4) is 11.5 Å². The van der Waals surface area contributed by atoms with Crippen LogP contribution < -0.4 is 4.74 Å². The molecular formula is C29H36BrNO4. The normalized spacial score (nSPS) is 25.3. The van der Waals surface area contributed by atoms with Crippen LogP contribution in [0.1, 0.15) is 75.0 Å². The smallest absolute Gasteiger partial charge is 0.410 e. The molecule has 0 spiro atoms. The summed E-state index contributed by atoms with van der Waals surface area (Å²) in [6, 6.07) is 12.1. The van der Waals surface area contributed by atoms with Gasteiger partial charge in [-0.3, -0.25) is 0 Å². The Morgan fingerprint density at radius 1 is 1.20 bits per heavy atom. The van der Waals surface area contributed by atoms with Crippen molar-refractivity contribution in [2.75, 3.05) is 13.2 Å². The average molecular weight is 543 g/mol. The molecule has 2 aromatic rings. The van der Waals surface area contributed by atoms with E-state index in [1.807, 2.05) is 35.2 Å². The molecule has 3 aliphatic rings. The molecule has 5 rings (SSSR count). The highest BCUT2D eigenvalue weighted by molar-refractivity contribution is 9.10. The number of benzene rings is 2. The van der Waals surface area contributed by atoms with E-state index in [1.165, 1.54) is 18.4 Å². The van der Waals surface area contributed by atoms with Gasteiger partial charge >= 0.3 is 6.09 Å². The molecule has 35 heavy (non-hydrogen) atoms. The lowest BCUT2D eigenvalue weighted by Gasteiger charge is -2.52. The van der Waals surface area contributed by atoms with Crippen LogP contribution in [0, 0.1) is 5.92 Å². The van der Waals surface area contributed by atoms with Crippen molar-refractivity contribution >= 4 is 22.0 Å². The zero-order valence-corrected chi connectivity index (χ0v) is 22.2. The van der Waals surface area contributed by atoms with Gasteiger partial charge in [0.15, 0.2) is 11.5 Å². The van der Waals surface area contributed by atoms with Crippen LogP contribution in [-0.4, -0.2) is 35.3 Å². The monoisotopic (exact) mass is 541 g/mol. The van der Waals surface area contributed by atoms with E-state index in [0.29, 0.717) is 24.8 Å². The molecule has 1 saturated heterocycles. The summed E-state index contributed by atoms with van der Waals surface area (Å²) in [4.78, 5) is 15.4. The van der Waals surface area contributed by atoms with Crippen LogP contribution >= 0.6 is 15.9 Å². The van der Waals surface area contributed by atoms with Crippen LogP contribution in [0.4, 0.5) is 4.79 Å². The van der Waals surface area contributed by atoms with E-state index in [9.17, 15) is 9.90 Å². The molecule has 5 nitrogen and oxygen atoms in total.